The SMILES string of the molecule is C=C(c1ccc(-c2cccn3c(=O)c(C)c(C(C)(C)F)nc23)cc1C)N1CCOCC1. The average molecular weight is 422 g/mol. The molecule has 3 heterocycles. The van der Waals surface area contributed by atoms with Gasteiger partial charge in [-0.2, -0.15) is 0 Å². The van der Waals surface area contributed by atoms with E-state index in [1.807, 2.05) is 18.2 Å². The second-order valence-electron chi connectivity index (χ2n) is 8.55. The summed E-state index contributed by atoms with van der Waals surface area (Å²) in [5.74, 6) is 0. The van der Waals surface area contributed by atoms with E-state index in [0.717, 1.165) is 41.0 Å². The van der Waals surface area contributed by atoms with Crippen LogP contribution in [0, 0.1) is 13.8 Å². The number of ether oxygens (including phenoxy) is 1. The van der Waals surface area contributed by atoms with Gasteiger partial charge in [-0.25, -0.2) is 9.37 Å². The third-order valence-corrected chi connectivity index (χ3v) is 5.88. The van der Waals surface area contributed by atoms with Crippen LogP contribution in [0.4, 0.5) is 4.39 Å². The molecule has 0 amide bonds. The van der Waals surface area contributed by atoms with Crippen molar-refractivity contribution in [2.24, 2.45) is 0 Å². The fraction of sp³-hybridized carbons (Fsp3) is 0.360. The summed E-state index contributed by atoms with van der Waals surface area (Å²) < 4.78 is 21.7. The van der Waals surface area contributed by atoms with Crippen molar-refractivity contribution in [2.75, 3.05) is 26.3 Å². The first-order valence-electron chi connectivity index (χ1n) is 10.5. The molecule has 1 aliphatic heterocycles. The van der Waals surface area contributed by atoms with E-state index in [2.05, 4.69) is 35.5 Å². The Hall–Kier alpha value is -2.99. The Kier molecular flexibility index (Phi) is 5.43. The number of morpholine rings is 1. The van der Waals surface area contributed by atoms with Gasteiger partial charge in [0.2, 0.25) is 0 Å². The summed E-state index contributed by atoms with van der Waals surface area (Å²) in [5, 5.41) is 0. The molecule has 0 N–H and O–H groups in total. The van der Waals surface area contributed by atoms with Crippen LogP contribution in [0.5, 0.6) is 0 Å². The lowest BCUT2D eigenvalue weighted by Gasteiger charge is -2.31. The number of hydrogen-bond acceptors (Lipinski definition) is 4. The number of alkyl halides is 1. The Bertz CT molecular complexity index is 1220. The molecule has 0 saturated carbocycles. The number of halogens is 1. The molecule has 0 bridgehead atoms. The third-order valence-electron chi connectivity index (χ3n) is 5.88. The highest BCUT2D eigenvalue weighted by Gasteiger charge is 2.26. The molecule has 0 aliphatic carbocycles. The first-order valence-corrected chi connectivity index (χ1v) is 10.5. The fourth-order valence-electron chi connectivity index (χ4n) is 4.21. The molecule has 162 valence electrons. The van der Waals surface area contributed by atoms with Gasteiger partial charge in [-0.1, -0.05) is 24.8 Å². The smallest absolute Gasteiger partial charge is 0.261 e. The zero-order valence-corrected chi connectivity index (χ0v) is 18.5. The number of aryl methyl sites for hydroxylation is 1. The lowest BCUT2D eigenvalue weighted by Crippen LogP contribution is -2.34. The number of hydrogen-bond donors (Lipinski definition) is 0. The predicted molar refractivity (Wildman–Crippen MR) is 122 cm³/mol. The van der Waals surface area contributed by atoms with E-state index in [9.17, 15) is 9.18 Å². The molecule has 1 aliphatic rings. The van der Waals surface area contributed by atoms with Crippen molar-refractivity contribution >= 4 is 11.3 Å². The van der Waals surface area contributed by atoms with E-state index in [4.69, 9.17) is 4.74 Å². The molecule has 2 aromatic heterocycles. The van der Waals surface area contributed by atoms with Crippen molar-refractivity contribution in [3.8, 4) is 11.1 Å². The average Bonchev–Trinajstić information content (AvgIpc) is 2.75. The molecule has 31 heavy (non-hydrogen) atoms. The lowest BCUT2D eigenvalue weighted by molar-refractivity contribution is 0.0640. The van der Waals surface area contributed by atoms with E-state index in [1.165, 1.54) is 18.2 Å². The molecule has 1 saturated heterocycles. The summed E-state index contributed by atoms with van der Waals surface area (Å²) in [6.07, 6.45) is 1.68. The second kappa shape index (κ2) is 7.93. The van der Waals surface area contributed by atoms with Crippen LogP contribution < -0.4 is 5.56 Å². The van der Waals surface area contributed by atoms with Crippen molar-refractivity contribution in [3.63, 3.8) is 0 Å². The fourth-order valence-corrected chi connectivity index (χ4v) is 4.21. The predicted octanol–water partition coefficient (Wildman–Crippen LogP) is 4.49. The Morgan fingerprint density at radius 2 is 1.90 bits per heavy atom. The highest BCUT2D eigenvalue weighted by molar-refractivity contribution is 5.79. The van der Waals surface area contributed by atoms with Crippen molar-refractivity contribution in [2.45, 2.75) is 33.4 Å². The quantitative estimate of drug-likeness (QED) is 0.623. The van der Waals surface area contributed by atoms with Crippen LogP contribution in [-0.2, 0) is 10.4 Å². The Labute approximate surface area is 181 Å². The van der Waals surface area contributed by atoms with Crippen molar-refractivity contribution in [3.05, 3.63) is 75.8 Å². The molecule has 0 spiro atoms. The van der Waals surface area contributed by atoms with Gasteiger partial charge in [-0.3, -0.25) is 9.20 Å². The van der Waals surface area contributed by atoms with Gasteiger partial charge in [0.25, 0.3) is 5.56 Å². The van der Waals surface area contributed by atoms with Gasteiger partial charge < -0.3 is 9.64 Å². The molecule has 5 nitrogen and oxygen atoms in total. The topological polar surface area (TPSA) is 46.8 Å². The minimum atomic E-state index is -1.71. The van der Waals surface area contributed by atoms with Crippen LogP contribution in [0.1, 0.15) is 36.2 Å². The zero-order chi connectivity index (χ0) is 22.3. The van der Waals surface area contributed by atoms with E-state index < -0.39 is 5.67 Å². The first kappa shape index (κ1) is 21.2. The number of benzene rings is 1. The summed E-state index contributed by atoms with van der Waals surface area (Å²) in [5.41, 5.74) is 3.87. The van der Waals surface area contributed by atoms with E-state index in [1.54, 1.807) is 13.1 Å². The number of pyridine rings is 1. The van der Waals surface area contributed by atoms with Gasteiger partial charge in [0.1, 0.15) is 11.3 Å². The maximum atomic E-state index is 14.8. The number of nitrogens with zero attached hydrogens (tertiary/aromatic N) is 3. The highest BCUT2D eigenvalue weighted by atomic mass is 19.1. The summed E-state index contributed by atoms with van der Waals surface area (Å²) in [7, 11) is 0. The van der Waals surface area contributed by atoms with Crippen molar-refractivity contribution < 1.29 is 9.13 Å². The maximum absolute atomic E-state index is 14.8. The molecule has 1 aromatic carbocycles. The van der Waals surface area contributed by atoms with Crippen LogP contribution in [-0.4, -0.2) is 40.6 Å². The molecule has 4 rings (SSSR count). The molecule has 0 atom stereocenters. The molecule has 0 unspecified atom stereocenters. The highest BCUT2D eigenvalue weighted by Crippen LogP contribution is 2.31. The van der Waals surface area contributed by atoms with Crippen LogP contribution >= 0.6 is 0 Å². The van der Waals surface area contributed by atoms with Gasteiger partial charge >= 0.3 is 0 Å². The molecular formula is C25H28FN3O2. The largest absolute Gasteiger partial charge is 0.378 e. The number of aromatic nitrogens is 2. The molecular weight excluding hydrogens is 393 g/mol. The van der Waals surface area contributed by atoms with Crippen LogP contribution in [0.3, 0.4) is 0 Å². The first-order chi connectivity index (χ1) is 14.7. The van der Waals surface area contributed by atoms with Crippen molar-refractivity contribution in [1.29, 1.82) is 0 Å². The zero-order valence-electron chi connectivity index (χ0n) is 18.5. The van der Waals surface area contributed by atoms with E-state index in [-0.39, 0.29) is 11.3 Å². The minimum absolute atomic E-state index is 0.180. The summed E-state index contributed by atoms with van der Waals surface area (Å²) in [4.78, 5) is 19.7. The summed E-state index contributed by atoms with van der Waals surface area (Å²) >= 11 is 0. The number of rotatable bonds is 4. The standard InChI is InChI=1S/C25H28FN3O2/c1-16-15-19(8-9-20(16)18(3)28-11-13-31-14-12-28)21-7-6-10-29-23(21)27-22(25(4,5)26)17(2)24(29)30/h6-10,15H,3,11-14H2,1-2,4-5H3. The second-order valence-corrected chi connectivity index (χ2v) is 8.55. The van der Waals surface area contributed by atoms with E-state index in [0.29, 0.717) is 24.4 Å². The normalized spacial score (nSPS) is 14.8. The summed E-state index contributed by atoms with van der Waals surface area (Å²) in [6, 6.07) is 9.87. The van der Waals surface area contributed by atoms with Crippen LogP contribution in [0.15, 0.2) is 47.9 Å². The van der Waals surface area contributed by atoms with Crippen molar-refractivity contribution in [1.82, 2.24) is 14.3 Å². The van der Waals surface area contributed by atoms with Gasteiger partial charge in [0, 0.05) is 41.7 Å². The molecule has 0 radical (unpaired) electrons. The Balaban J connectivity index is 1.82. The van der Waals surface area contributed by atoms with Gasteiger partial charge in [-0.05, 0) is 51.0 Å². The van der Waals surface area contributed by atoms with Crippen LogP contribution in [0.2, 0.25) is 0 Å². The summed E-state index contributed by atoms with van der Waals surface area (Å²) in [6.45, 7) is 13.9. The third kappa shape index (κ3) is 3.88. The van der Waals surface area contributed by atoms with Crippen LogP contribution in [0.25, 0.3) is 22.5 Å². The van der Waals surface area contributed by atoms with Gasteiger partial charge in [-0.15, -0.1) is 0 Å². The lowest BCUT2D eigenvalue weighted by atomic mass is 9.98. The van der Waals surface area contributed by atoms with Gasteiger partial charge in [0.15, 0.2) is 0 Å². The maximum Gasteiger partial charge on any atom is 0.261 e. The van der Waals surface area contributed by atoms with E-state index >= 15 is 0 Å². The molecule has 3 aromatic rings. The molecule has 1 fully saturated rings. The van der Waals surface area contributed by atoms with Gasteiger partial charge in [0.05, 0.1) is 18.9 Å². The molecule has 6 heteroatoms. The monoisotopic (exact) mass is 421 g/mol. The number of fused-ring (bicyclic) bond motifs is 1. The Morgan fingerprint density at radius 3 is 2.55 bits per heavy atom. The minimum Gasteiger partial charge on any atom is -0.378 e. The Morgan fingerprint density at radius 1 is 1.19 bits per heavy atom.